The third-order valence-electron chi connectivity index (χ3n) is 4.47. The maximum atomic E-state index is 13.0. The van der Waals surface area contributed by atoms with E-state index in [2.05, 4.69) is 36.8 Å². The number of amides is 1. The second kappa shape index (κ2) is 8.81. The summed E-state index contributed by atoms with van der Waals surface area (Å²) in [4.78, 5) is 24.8. The van der Waals surface area contributed by atoms with Crippen LogP contribution in [0.4, 0.5) is 5.69 Å². The van der Waals surface area contributed by atoms with Gasteiger partial charge >= 0.3 is 5.97 Å². The number of nitrogens with zero attached hydrogens (tertiary/aromatic N) is 1. The molecule has 3 N–H and O–H groups in total. The van der Waals surface area contributed by atoms with Crippen LogP contribution in [0.1, 0.15) is 22.1 Å². The van der Waals surface area contributed by atoms with E-state index in [4.69, 9.17) is 9.47 Å². The smallest absolute Gasteiger partial charge is 0.359 e. The molecule has 0 radical (unpaired) electrons. The van der Waals surface area contributed by atoms with E-state index in [-0.39, 0.29) is 24.0 Å². The molecule has 4 rings (SSSR count). The van der Waals surface area contributed by atoms with Gasteiger partial charge in [0.2, 0.25) is 5.91 Å². The average molecular weight is 482 g/mol. The second-order valence-electron chi connectivity index (χ2n) is 6.23. The van der Waals surface area contributed by atoms with Crippen molar-refractivity contribution in [1.82, 2.24) is 15.5 Å². The van der Waals surface area contributed by atoms with Gasteiger partial charge in [-0.15, -0.1) is 12.4 Å². The molecule has 1 atom stereocenters. The van der Waals surface area contributed by atoms with Crippen molar-refractivity contribution in [3.05, 3.63) is 52.1 Å². The van der Waals surface area contributed by atoms with Gasteiger partial charge in [-0.3, -0.25) is 15.2 Å². The Hall–Kier alpha value is -2.62. The standard InChI is InChI=1S/C19H17BrN4O4.ClH/c1-27-19(26)17-13-9-11(3-5-14(13)23-24-17)22-18(25)16-12-4-2-10(20)8-15(12)28-7-6-21-16;/h2-5,8-9,16,21H,6-7H2,1H3,(H,22,25)(H,23,24);1H. The number of hydrogen-bond donors (Lipinski definition) is 3. The van der Waals surface area contributed by atoms with E-state index in [0.29, 0.717) is 35.5 Å². The zero-order valence-electron chi connectivity index (χ0n) is 15.3. The van der Waals surface area contributed by atoms with E-state index in [1.165, 1.54) is 7.11 Å². The SMILES string of the molecule is COC(=O)c1n[nH]c2ccc(NC(=O)C3NCCOc4cc(Br)ccc43)cc12.Cl. The first kappa shape index (κ1) is 21.1. The molecular formula is C19H18BrClN4O4. The van der Waals surface area contributed by atoms with Crippen molar-refractivity contribution in [3.8, 4) is 5.75 Å². The number of rotatable bonds is 3. The summed E-state index contributed by atoms with van der Waals surface area (Å²) in [6, 6.07) is 10.2. The summed E-state index contributed by atoms with van der Waals surface area (Å²) in [6.45, 7) is 1.01. The molecule has 152 valence electrons. The molecule has 0 bridgehead atoms. The highest BCUT2D eigenvalue weighted by Gasteiger charge is 2.26. The molecule has 1 aliphatic rings. The highest BCUT2D eigenvalue weighted by Crippen LogP contribution is 2.31. The Morgan fingerprint density at radius 1 is 1.28 bits per heavy atom. The van der Waals surface area contributed by atoms with E-state index < -0.39 is 12.0 Å². The molecule has 2 heterocycles. The second-order valence-corrected chi connectivity index (χ2v) is 7.15. The predicted molar refractivity (Wildman–Crippen MR) is 114 cm³/mol. The lowest BCUT2D eigenvalue weighted by Gasteiger charge is -2.17. The predicted octanol–water partition coefficient (Wildman–Crippen LogP) is 3.20. The van der Waals surface area contributed by atoms with Gasteiger partial charge in [-0.1, -0.05) is 22.0 Å². The molecule has 1 aliphatic heterocycles. The molecule has 1 unspecified atom stereocenters. The first-order chi connectivity index (χ1) is 13.6. The zero-order valence-corrected chi connectivity index (χ0v) is 17.7. The van der Waals surface area contributed by atoms with Crippen molar-refractivity contribution in [3.63, 3.8) is 0 Å². The molecule has 0 spiro atoms. The topological polar surface area (TPSA) is 105 Å². The van der Waals surface area contributed by atoms with E-state index in [0.717, 1.165) is 10.0 Å². The van der Waals surface area contributed by atoms with Crippen LogP contribution in [0, 0.1) is 0 Å². The fraction of sp³-hybridized carbons (Fsp3) is 0.211. The number of fused-ring (bicyclic) bond motifs is 2. The molecule has 8 nitrogen and oxygen atoms in total. The lowest BCUT2D eigenvalue weighted by Crippen LogP contribution is -2.33. The van der Waals surface area contributed by atoms with E-state index in [1.807, 2.05) is 18.2 Å². The van der Waals surface area contributed by atoms with Gasteiger partial charge in [0.15, 0.2) is 5.69 Å². The van der Waals surface area contributed by atoms with Crippen molar-refractivity contribution in [2.75, 3.05) is 25.6 Å². The highest BCUT2D eigenvalue weighted by atomic mass is 79.9. The van der Waals surface area contributed by atoms with Crippen molar-refractivity contribution in [1.29, 1.82) is 0 Å². The number of ether oxygens (including phenoxy) is 2. The van der Waals surface area contributed by atoms with Gasteiger partial charge in [-0.05, 0) is 30.3 Å². The van der Waals surface area contributed by atoms with Gasteiger partial charge in [-0.2, -0.15) is 5.10 Å². The number of hydrogen-bond acceptors (Lipinski definition) is 6. The number of anilines is 1. The fourth-order valence-electron chi connectivity index (χ4n) is 3.14. The summed E-state index contributed by atoms with van der Waals surface area (Å²) in [6.07, 6.45) is 0. The maximum absolute atomic E-state index is 13.0. The molecule has 0 fully saturated rings. The van der Waals surface area contributed by atoms with Crippen molar-refractivity contribution in [2.45, 2.75) is 6.04 Å². The van der Waals surface area contributed by atoms with E-state index >= 15 is 0 Å². The van der Waals surface area contributed by atoms with Crippen molar-refractivity contribution < 1.29 is 19.1 Å². The van der Waals surface area contributed by atoms with Crippen molar-refractivity contribution >= 4 is 56.8 Å². The van der Waals surface area contributed by atoms with Crippen LogP contribution in [-0.4, -0.2) is 42.3 Å². The number of halogens is 2. The van der Waals surface area contributed by atoms with Crippen LogP contribution in [-0.2, 0) is 9.53 Å². The number of benzene rings is 2. The van der Waals surface area contributed by atoms with Gasteiger partial charge in [-0.25, -0.2) is 4.79 Å². The lowest BCUT2D eigenvalue weighted by atomic mass is 10.0. The summed E-state index contributed by atoms with van der Waals surface area (Å²) in [5, 5.41) is 13.4. The Morgan fingerprint density at radius 2 is 2.10 bits per heavy atom. The molecule has 1 aromatic heterocycles. The minimum absolute atomic E-state index is 0. The van der Waals surface area contributed by atoms with Crippen LogP contribution in [0.25, 0.3) is 10.9 Å². The molecule has 0 aliphatic carbocycles. The fourth-order valence-corrected chi connectivity index (χ4v) is 3.48. The van der Waals surface area contributed by atoms with Gasteiger partial charge in [0.25, 0.3) is 0 Å². The Morgan fingerprint density at radius 3 is 2.90 bits per heavy atom. The number of nitrogens with one attached hydrogen (secondary N) is 3. The molecule has 2 aromatic carbocycles. The third kappa shape index (κ3) is 4.21. The van der Waals surface area contributed by atoms with E-state index in [9.17, 15) is 9.59 Å². The minimum atomic E-state index is -0.564. The van der Waals surface area contributed by atoms with E-state index in [1.54, 1.807) is 18.2 Å². The molecular weight excluding hydrogens is 464 g/mol. The zero-order chi connectivity index (χ0) is 19.7. The summed E-state index contributed by atoms with van der Waals surface area (Å²) in [5.74, 6) is -0.105. The number of methoxy groups -OCH3 is 1. The number of esters is 1. The Labute approximate surface area is 180 Å². The largest absolute Gasteiger partial charge is 0.492 e. The summed E-state index contributed by atoms with van der Waals surface area (Å²) in [7, 11) is 1.30. The maximum Gasteiger partial charge on any atom is 0.359 e. The number of carbonyl (C=O) groups is 2. The van der Waals surface area contributed by atoms with Crippen LogP contribution in [0.5, 0.6) is 5.75 Å². The molecule has 0 saturated heterocycles. The quantitative estimate of drug-likeness (QED) is 0.496. The van der Waals surface area contributed by atoms with Crippen LogP contribution in [0.3, 0.4) is 0 Å². The molecule has 10 heteroatoms. The number of H-pyrrole nitrogens is 1. The third-order valence-corrected chi connectivity index (χ3v) is 4.96. The summed E-state index contributed by atoms with van der Waals surface area (Å²) < 4.78 is 11.4. The lowest BCUT2D eigenvalue weighted by molar-refractivity contribution is -0.118. The van der Waals surface area contributed by atoms with Gasteiger partial charge in [0.1, 0.15) is 18.4 Å². The Kier molecular flexibility index (Phi) is 6.41. The summed E-state index contributed by atoms with van der Waals surface area (Å²) >= 11 is 3.42. The monoisotopic (exact) mass is 480 g/mol. The van der Waals surface area contributed by atoms with Crippen LogP contribution >= 0.6 is 28.3 Å². The molecule has 3 aromatic rings. The number of carbonyl (C=O) groups excluding carboxylic acids is 2. The first-order valence-electron chi connectivity index (χ1n) is 8.60. The highest BCUT2D eigenvalue weighted by molar-refractivity contribution is 9.10. The Balaban J connectivity index is 0.00000240. The van der Waals surface area contributed by atoms with Crippen LogP contribution in [0.2, 0.25) is 0 Å². The van der Waals surface area contributed by atoms with Crippen LogP contribution < -0.4 is 15.4 Å². The normalized spacial score (nSPS) is 15.4. The minimum Gasteiger partial charge on any atom is -0.492 e. The average Bonchev–Trinajstić information content (AvgIpc) is 2.99. The van der Waals surface area contributed by atoms with Crippen LogP contribution in [0.15, 0.2) is 40.9 Å². The Bertz CT molecular complexity index is 1070. The van der Waals surface area contributed by atoms with Gasteiger partial charge in [0.05, 0.1) is 12.6 Å². The van der Waals surface area contributed by atoms with Gasteiger partial charge < -0.3 is 14.8 Å². The molecule has 29 heavy (non-hydrogen) atoms. The number of aromatic amines is 1. The molecule has 0 saturated carbocycles. The number of aromatic nitrogens is 2. The first-order valence-corrected chi connectivity index (χ1v) is 9.39. The molecule has 1 amide bonds. The van der Waals surface area contributed by atoms with Crippen molar-refractivity contribution in [2.24, 2.45) is 0 Å². The van der Waals surface area contributed by atoms with Gasteiger partial charge in [0, 0.05) is 27.7 Å². The summed E-state index contributed by atoms with van der Waals surface area (Å²) in [5.41, 5.74) is 2.16.